The van der Waals surface area contributed by atoms with Crippen LogP contribution in [-0.4, -0.2) is 27.5 Å². The van der Waals surface area contributed by atoms with E-state index in [1.165, 1.54) is 11.6 Å². The highest BCUT2D eigenvalue weighted by Crippen LogP contribution is 2.43. The van der Waals surface area contributed by atoms with Gasteiger partial charge in [0.05, 0.1) is 28.7 Å². The highest BCUT2D eigenvalue weighted by molar-refractivity contribution is 5.95. The average molecular weight is 460 g/mol. The first-order valence-electron chi connectivity index (χ1n) is 12.2. The summed E-state index contributed by atoms with van der Waals surface area (Å²) in [6.07, 6.45) is 6.16. The number of aromatic amines is 1. The molecule has 1 fully saturated rings. The summed E-state index contributed by atoms with van der Waals surface area (Å²) >= 11 is 0. The quantitative estimate of drug-likeness (QED) is 0.333. The summed E-state index contributed by atoms with van der Waals surface area (Å²) in [4.78, 5) is 25.0. The number of hydrogen-bond donors (Lipinski definition) is 1. The van der Waals surface area contributed by atoms with Crippen molar-refractivity contribution in [3.8, 4) is 0 Å². The lowest BCUT2D eigenvalue weighted by Gasteiger charge is -2.32. The molecule has 2 aromatic heterocycles. The lowest BCUT2D eigenvalue weighted by molar-refractivity contribution is 0.0525. The molecule has 2 aromatic carbocycles. The van der Waals surface area contributed by atoms with Gasteiger partial charge in [0.1, 0.15) is 11.6 Å². The van der Waals surface area contributed by atoms with E-state index < -0.39 is 0 Å². The van der Waals surface area contributed by atoms with E-state index in [1.807, 2.05) is 32.2 Å². The van der Waals surface area contributed by atoms with Gasteiger partial charge in [0.25, 0.3) is 0 Å². The molecule has 176 valence electrons. The van der Waals surface area contributed by atoms with Crippen molar-refractivity contribution >= 4 is 27.9 Å². The molecule has 34 heavy (non-hydrogen) atoms. The molecule has 1 atom stereocenters. The van der Waals surface area contributed by atoms with Crippen LogP contribution in [0.3, 0.4) is 0 Å². The van der Waals surface area contributed by atoms with Crippen LogP contribution in [0.5, 0.6) is 0 Å². The topological polar surface area (TPSA) is 67.9 Å². The number of nitrogens with zero attached hydrogens (tertiary/aromatic N) is 2. The van der Waals surface area contributed by atoms with Gasteiger partial charge in [-0.25, -0.2) is 14.2 Å². The van der Waals surface area contributed by atoms with E-state index in [-0.39, 0.29) is 17.7 Å². The number of nitrogens with one attached hydrogen (secondary N) is 1. The van der Waals surface area contributed by atoms with Gasteiger partial charge in [-0.2, -0.15) is 0 Å². The number of benzene rings is 2. The molecule has 1 aliphatic carbocycles. The van der Waals surface area contributed by atoms with Gasteiger partial charge >= 0.3 is 5.97 Å². The van der Waals surface area contributed by atoms with E-state index in [4.69, 9.17) is 9.72 Å². The second-order valence-electron chi connectivity index (χ2n) is 9.49. The van der Waals surface area contributed by atoms with Crippen LogP contribution in [-0.2, 0) is 4.74 Å². The van der Waals surface area contributed by atoms with Crippen molar-refractivity contribution in [1.29, 1.82) is 0 Å². The van der Waals surface area contributed by atoms with Gasteiger partial charge in [-0.15, -0.1) is 0 Å². The third-order valence-corrected chi connectivity index (χ3v) is 7.43. The second-order valence-corrected chi connectivity index (χ2v) is 9.49. The summed E-state index contributed by atoms with van der Waals surface area (Å²) in [6, 6.07) is 10.7. The van der Waals surface area contributed by atoms with Crippen molar-refractivity contribution in [1.82, 2.24) is 15.0 Å². The first kappa shape index (κ1) is 22.5. The first-order valence-corrected chi connectivity index (χ1v) is 12.2. The van der Waals surface area contributed by atoms with Crippen LogP contribution in [0.25, 0.3) is 21.9 Å². The van der Waals surface area contributed by atoms with Crippen molar-refractivity contribution in [2.45, 2.75) is 58.3 Å². The molecule has 0 radical (unpaired) electrons. The molecule has 5 rings (SSSR count). The van der Waals surface area contributed by atoms with E-state index in [2.05, 4.69) is 23.0 Å². The second kappa shape index (κ2) is 9.16. The van der Waals surface area contributed by atoms with Crippen LogP contribution in [0.1, 0.15) is 78.7 Å². The van der Waals surface area contributed by atoms with Gasteiger partial charge < -0.3 is 9.72 Å². The Hall–Kier alpha value is -3.28. The summed E-state index contributed by atoms with van der Waals surface area (Å²) in [7, 11) is 0. The molecule has 0 spiro atoms. The van der Waals surface area contributed by atoms with Crippen LogP contribution >= 0.6 is 0 Å². The first-order chi connectivity index (χ1) is 16.4. The SMILES string of the molecule is CCOC(=O)c1cc2nc([C@H](C)[C@H]3CC[C@@H](c4ccnc5ccc(F)cc54)CC3)[nH]c2cc1C. The fourth-order valence-electron chi connectivity index (χ4n) is 5.48. The Labute approximate surface area is 198 Å². The molecule has 0 bridgehead atoms. The molecule has 0 saturated heterocycles. The molecule has 5 nitrogen and oxygen atoms in total. The minimum absolute atomic E-state index is 0.213. The Bertz CT molecular complexity index is 1350. The maximum absolute atomic E-state index is 13.9. The Morgan fingerprint density at radius 3 is 2.71 bits per heavy atom. The van der Waals surface area contributed by atoms with Gasteiger partial charge in [-0.3, -0.25) is 4.98 Å². The van der Waals surface area contributed by atoms with E-state index >= 15 is 0 Å². The van der Waals surface area contributed by atoms with Crippen LogP contribution in [0.2, 0.25) is 0 Å². The van der Waals surface area contributed by atoms with Gasteiger partial charge in [-0.05, 0) is 98.9 Å². The molecule has 6 heteroatoms. The summed E-state index contributed by atoms with van der Waals surface area (Å²) < 4.78 is 19.1. The number of esters is 1. The third kappa shape index (κ3) is 4.17. The number of aryl methyl sites for hydroxylation is 1. The molecule has 2 heterocycles. The lowest BCUT2D eigenvalue weighted by atomic mass is 9.73. The number of hydrogen-bond acceptors (Lipinski definition) is 4. The third-order valence-electron chi connectivity index (χ3n) is 7.43. The lowest BCUT2D eigenvalue weighted by Crippen LogP contribution is -2.19. The van der Waals surface area contributed by atoms with E-state index in [0.29, 0.717) is 24.0 Å². The number of halogens is 1. The fourth-order valence-corrected chi connectivity index (χ4v) is 5.48. The largest absolute Gasteiger partial charge is 0.462 e. The summed E-state index contributed by atoms with van der Waals surface area (Å²) in [5.74, 6) is 1.67. The van der Waals surface area contributed by atoms with Crippen LogP contribution in [0.4, 0.5) is 4.39 Å². The zero-order chi connectivity index (χ0) is 23.8. The van der Waals surface area contributed by atoms with Crippen molar-refractivity contribution < 1.29 is 13.9 Å². The predicted octanol–water partition coefficient (Wildman–Crippen LogP) is 6.81. The number of rotatable bonds is 5. The Morgan fingerprint density at radius 1 is 1.15 bits per heavy atom. The number of H-pyrrole nitrogens is 1. The molecule has 0 unspecified atom stereocenters. The van der Waals surface area contributed by atoms with Crippen molar-refractivity contribution in [2.24, 2.45) is 5.92 Å². The highest BCUT2D eigenvalue weighted by atomic mass is 19.1. The van der Waals surface area contributed by atoms with Gasteiger partial charge in [0.2, 0.25) is 0 Å². The number of imidazole rings is 1. The smallest absolute Gasteiger partial charge is 0.338 e. The van der Waals surface area contributed by atoms with Crippen molar-refractivity contribution in [3.05, 3.63) is 70.9 Å². The number of carbonyl (C=O) groups is 1. The molecule has 1 N–H and O–H groups in total. The number of pyridine rings is 1. The Morgan fingerprint density at radius 2 is 1.94 bits per heavy atom. The summed E-state index contributed by atoms with van der Waals surface area (Å²) in [6.45, 7) is 6.32. The minimum atomic E-state index is -0.304. The Kier molecular flexibility index (Phi) is 6.07. The van der Waals surface area contributed by atoms with Crippen LogP contribution in [0, 0.1) is 18.7 Å². The zero-order valence-corrected chi connectivity index (χ0v) is 19.9. The number of aromatic nitrogens is 3. The fraction of sp³-hybridized carbons (Fsp3) is 0.393. The highest BCUT2D eigenvalue weighted by Gasteiger charge is 2.29. The molecule has 4 aromatic rings. The number of ether oxygens (including phenoxy) is 1. The molecular weight excluding hydrogens is 429 g/mol. The van der Waals surface area contributed by atoms with Crippen LogP contribution < -0.4 is 0 Å². The van der Waals surface area contributed by atoms with Crippen LogP contribution in [0.15, 0.2) is 42.6 Å². The maximum Gasteiger partial charge on any atom is 0.338 e. The van der Waals surface area contributed by atoms with Crippen molar-refractivity contribution in [2.75, 3.05) is 6.61 Å². The van der Waals surface area contributed by atoms with Crippen molar-refractivity contribution in [3.63, 3.8) is 0 Å². The maximum atomic E-state index is 13.9. The van der Waals surface area contributed by atoms with Gasteiger partial charge in [-0.1, -0.05) is 6.92 Å². The van der Waals surface area contributed by atoms with Gasteiger partial charge in [0.15, 0.2) is 0 Å². The monoisotopic (exact) mass is 459 g/mol. The predicted molar refractivity (Wildman–Crippen MR) is 132 cm³/mol. The molecule has 1 aliphatic rings. The van der Waals surface area contributed by atoms with Gasteiger partial charge in [0, 0.05) is 17.5 Å². The standard InChI is InChI=1S/C28H30FN3O2/c1-4-34-28(33)22-15-26-25(13-16(22)2)31-27(32-26)17(3)18-5-7-19(8-6-18)21-11-12-30-24-10-9-20(29)14-23(21)24/h9-15,17-19H,4-8H2,1-3H3,(H,31,32)/t17-,18-,19+/m1/s1. The zero-order valence-electron chi connectivity index (χ0n) is 19.9. The normalized spacial score (nSPS) is 19.4. The number of fused-ring (bicyclic) bond motifs is 2. The van der Waals surface area contributed by atoms with E-state index in [0.717, 1.165) is 59.0 Å². The van der Waals surface area contributed by atoms with E-state index in [1.54, 1.807) is 12.1 Å². The molecule has 0 aliphatic heterocycles. The minimum Gasteiger partial charge on any atom is -0.462 e. The molecule has 0 amide bonds. The number of carbonyl (C=O) groups excluding carboxylic acids is 1. The average Bonchev–Trinajstić information content (AvgIpc) is 3.25. The summed E-state index contributed by atoms with van der Waals surface area (Å²) in [5.41, 5.74) is 5.27. The Balaban J connectivity index is 1.33. The van der Waals surface area contributed by atoms with E-state index in [9.17, 15) is 9.18 Å². The molecule has 1 saturated carbocycles. The summed E-state index contributed by atoms with van der Waals surface area (Å²) in [5, 5.41) is 0.934. The molecular formula is C28H30FN3O2.